The molecule has 18 heavy (non-hydrogen) atoms. The van der Waals surface area contributed by atoms with Crippen molar-refractivity contribution in [2.45, 2.75) is 12.8 Å². The van der Waals surface area contributed by atoms with Crippen molar-refractivity contribution in [2.24, 2.45) is 7.05 Å². The van der Waals surface area contributed by atoms with E-state index in [1.54, 1.807) is 6.20 Å². The zero-order valence-corrected chi connectivity index (χ0v) is 11.4. The molecule has 0 aromatic carbocycles. The van der Waals surface area contributed by atoms with Gasteiger partial charge in [-0.05, 0) is 6.42 Å². The van der Waals surface area contributed by atoms with Crippen LogP contribution in [0.2, 0.25) is 0 Å². The van der Waals surface area contributed by atoms with Crippen molar-refractivity contribution in [1.82, 2.24) is 14.5 Å². The van der Waals surface area contributed by atoms with Crippen LogP contribution in [0, 0.1) is 0 Å². The molecule has 0 radical (unpaired) electrons. The number of hydrogen-bond acceptors (Lipinski definition) is 3. The van der Waals surface area contributed by atoms with Crippen molar-refractivity contribution in [3.63, 3.8) is 0 Å². The Bertz CT molecular complexity index is 399. The number of amides is 1. The van der Waals surface area contributed by atoms with E-state index in [0.29, 0.717) is 12.3 Å². The number of aromatic nitrogens is 2. The van der Waals surface area contributed by atoms with Crippen LogP contribution in [0.25, 0.3) is 0 Å². The Morgan fingerprint density at radius 3 is 2.67 bits per heavy atom. The fraction of sp³-hybridized carbons (Fsp3) is 0.667. The minimum atomic E-state index is 0.218. The minimum absolute atomic E-state index is 0.218. The van der Waals surface area contributed by atoms with Gasteiger partial charge in [-0.15, -0.1) is 11.6 Å². The lowest BCUT2D eigenvalue weighted by Gasteiger charge is -2.35. The number of rotatable bonds is 4. The first-order valence-corrected chi connectivity index (χ1v) is 6.82. The Hall–Kier alpha value is -1.23. The van der Waals surface area contributed by atoms with Crippen molar-refractivity contribution in [3.05, 3.63) is 12.4 Å². The molecule has 0 N–H and O–H groups in total. The van der Waals surface area contributed by atoms with Crippen LogP contribution in [0.4, 0.5) is 5.95 Å². The quantitative estimate of drug-likeness (QED) is 0.769. The van der Waals surface area contributed by atoms with Crippen molar-refractivity contribution in [2.75, 3.05) is 37.0 Å². The topological polar surface area (TPSA) is 41.4 Å². The first-order chi connectivity index (χ1) is 8.72. The Labute approximate surface area is 112 Å². The van der Waals surface area contributed by atoms with Crippen molar-refractivity contribution in [3.8, 4) is 0 Å². The standard InChI is InChI=1S/C12H19ClN4O/c1-15-6-5-14-12(15)17-9-7-16(8-10-17)11(18)3-2-4-13/h5-6H,2-4,7-10H2,1H3. The maximum Gasteiger partial charge on any atom is 0.222 e. The average molecular weight is 271 g/mol. The summed E-state index contributed by atoms with van der Waals surface area (Å²) in [6, 6.07) is 0. The summed E-state index contributed by atoms with van der Waals surface area (Å²) >= 11 is 5.60. The van der Waals surface area contributed by atoms with E-state index in [9.17, 15) is 4.79 Å². The molecule has 0 saturated carbocycles. The normalized spacial score (nSPS) is 16.1. The summed E-state index contributed by atoms with van der Waals surface area (Å²) in [4.78, 5) is 20.3. The molecule has 100 valence electrons. The third-order valence-corrected chi connectivity index (χ3v) is 3.50. The lowest BCUT2D eigenvalue weighted by Crippen LogP contribution is -2.49. The first-order valence-electron chi connectivity index (χ1n) is 6.28. The van der Waals surface area contributed by atoms with Gasteiger partial charge in [-0.2, -0.15) is 0 Å². The van der Waals surface area contributed by atoms with E-state index in [2.05, 4.69) is 9.88 Å². The number of carbonyl (C=O) groups is 1. The maximum atomic E-state index is 11.8. The van der Waals surface area contributed by atoms with Crippen LogP contribution in [0.15, 0.2) is 12.4 Å². The monoisotopic (exact) mass is 270 g/mol. The van der Waals surface area contributed by atoms with Gasteiger partial charge in [-0.3, -0.25) is 4.79 Å². The highest BCUT2D eigenvalue weighted by Crippen LogP contribution is 2.13. The fourth-order valence-corrected chi connectivity index (χ4v) is 2.33. The van der Waals surface area contributed by atoms with Crippen molar-refractivity contribution < 1.29 is 4.79 Å². The number of nitrogens with zero attached hydrogens (tertiary/aromatic N) is 4. The molecule has 1 aromatic heterocycles. The number of hydrogen-bond donors (Lipinski definition) is 0. The molecular formula is C12H19ClN4O. The van der Waals surface area contributed by atoms with Crippen LogP contribution < -0.4 is 4.90 Å². The molecule has 2 rings (SSSR count). The third kappa shape index (κ3) is 2.96. The van der Waals surface area contributed by atoms with Gasteiger partial charge in [0.1, 0.15) is 0 Å². The van der Waals surface area contributed by atoms with E-state index in [1.165, 1.54) is 0 Å². The molecule has 1 aliphatic rings. The molecule has 0 atom stereocenters. The molecule has 0 spiro atoms. The van der Waals surface area contributed by atoms with Crippen LogP contribution in [-0.4, -0.2) is 52.4 Å². The highest BCUT2D eigenvalue weighted by molar-refractivity contribution is 6.17. The van der Waals surface area contributed by atoms with Gasteiger partial charge in [0.15, 0.2) is 0 Å². The van der Waals surface area contributed by atoms with E-state index in [-0.39, 0.29) is 5.91 Å². The van der Waals surface area contributed by atoms with Crippen LogP contribution >= 0.6 is 11.6 Å². The molecule has 6 heteroatoms. The van der Waals surface area contributed by atoms with E-state index in [0.717, 1.165) is 38.5 Å². The molecule has 0 unspecified atom stereocenters. The van der Waals surface area contributed by atoms with Crippen molar-refractivity contribution in [1.29, 1.82) is 0 Å². The Kier molecular flexibility index (Phi) is 4.47. The lowest BCUT2D eigenvalue weighted by atomic mass is 10.2. The highest BCUT2D eigenvalue weighted by atomic mass is 35.5. The van der Waals surface area contributed by atoms with Crippen LogP contribution in [-0.2, 0) is 11.8 Å². The summed E-state index contributed by atoms with van der Waals surface area (Å²) in [6.07, 6.45) is 5.06. The second kappa shape index (κ2) is 6.09. The Morgan fingerprint density at radius 1 is 1.39 bits per heavy atom. The molecule has 1 fully saturated rings. The van der Waals surface area contributed by atoms with Gasteiger partial charge in [-0.25, -0.2) is 4.98 Å². The van der Waals surface area contributed by atoms with Crippen LogP contribution in [0.3, 0.4) is 0 Å². The predicted octanol–water partition coefficient (Wildman–Crippen LogP) is 1.09. The number of piperazine rings is 1. The van der Waals surface area contributed by atoms with Crippen molar-refractivity contribution >= 4 is 23.5 Å². The molecule has 0 aliphatic carbocycles. The number of halogens is 1. The summed E-state index contributed by atoms with van der Waals surface area (Å²) in [6.45, 7) is 3.23. The van der Waals surface area contributed by atoms with Crippen LogP contribution in [0.5, 0.6) is 0 Å². The van der Waals surface area contributed by atoms with Gasteiger partial charge < -0.3 is 14.4 Å². The highest BCUT2D eigenvalue weighted by Gasteiger charge is 2.22. The maximum absolute atomic E-state index is 11.8. The Morgan fingerprint density at radius 2 is 2.11 bits per heavy atom. The zero-order chi connectivity index (χ0) is 13.0. The molecule has 1 saturated heterocycles. The third-order valence-electron chi connectivity index (χ3n) is 3.24. The van der Waals surface area contributed by atoms with Gasteiger partial charge in [0.25, 0.3) is 0 Å². The largest absolute Gasteiger partial charge is 0.339 e. The molecule has 1 aromatic rings. The first kappa shape index (κ1) is 13.2. The van der Waals surface area contributed by atoms with Crippen LogP contribution in [0.1, 0.15) is 12.8 Å². The number of alkyl halides is 1. The summed E-state index contributed by atoms with van der Waals surface area (Å²) < 4.78 is 2.00. The zero-order valence-electron chi connectivity index (χ0n) is 10.7. The van der Waals surface area contributed by atoms with E-state index in [4.69, 9.17) is 11.6 Å². The number of carbonyl (C=O) groups excluding carboxylic acids is 1. The lowest BCUT2D eigenvalue weighted by molar-refractivity contribution is -0.131. The molecule has 1 amide bonds. The summed E-state index contributed by atoms with van der Waals surface area (Å²) in [5, 5.41) is 0. The average Bonchev–Trinajstić information content (AvgIpc) is 2.82. The Balaban J connectivity index is 1.85. The van der Waals surface area contributed by atoms with Gasteiger partial charge in [0.2, 0.25) is 11.9 Å². The number of anilines is 1. The fourth-order valence-electron chi connectivity index (χ4n) is 2.19. The van der Waals surface area contributed by atoms with E-state index >= 15 is 0 Å². The second-order valence-corrected chi connectivity index (χ2v) is 4.88. The van der Waals surface area contributed by atoms with Gasteiger partial charge >= 0.3 is 0 Å². The summed E-state index contributed by atoms with van der Waals surface area (Å²) in [7, 11) is 1.99. The SMILES string of the molecule is Cn1ccnc1N1CCN(C(=O)CCCCl)CC1. The molecule has 5 nitrogen and oxygen atoms in total. The number of aryl methyl sites for hydroxylation is 1. The van der Waals surface area contributed by atoms with Gasteiger partial charge in [0, 0.05) is 57.9 Å². The summed E-state index contributed by atoms with van der Waals surface area (Å²) in [5.41, 5.74) is 0. The van der Waals surface area contributed by atoms with E-state index < -0.39 is 0 Å². The summed E-state index contributed by atoms with van der Waals surface area (Å²) in [5.74, 6) is 1.75. The molecule has 1 aliphatic heterocycles. The van der Waals surface area contributed by atoms with E-state index in [1.807, 2.05) is 22.7 Å². The molecule has 2 heterocycles. The number of imidazole rings is 1. The predicted molar refractivity (Wildman–Crippen MR) is 72.0 cm³/mol. The molecular weight excluding hydrogens is 252 g/mol. The molecule has 0 bridgehead atoms. The minimum Gasteiger partial charge on any atom is -0.339 e. The van der Waals surface area contributed by atoms with Gasteiger partial charge in [-0.1, -0.05) is 0 Å². The second-order valence-electron chi connectivity index (χ2n) is 4.50. The smallest absolute Gasteiger partial charge is 0.222 e. The van der Waals surface area contributed by atoms with Gasteiger partial charge in [0.05, 0.1) is 0 Å².